The molecule has 1 aliphatic carbocycles. The molecule has 10 heteroatoms. The number of amides is 5. The van der Waals surface area contributed by atoms with Crippen LogP contribution in [-0.2, 0) is 26.3 Å². The summed E-state index contributed by atoms with van der Waals surface area (Å²) < 4.78 is 5.69. The van der Waals surface area contributed by atoms with Crippen LogP contribution in [0.2, 0.25) is 5.02 Å². The molecule has 2 aromatic carbocycles. The molecule has 1 spiro atoms. The Hall–Kier alpha value is -3.59. The highest BCUT2D eigenvalue weighted by Gasteiger charge is 2.58. The number of carbonyl (C=O) groups is 4. The molecular formula is C27H29ClN4O5. The van der Waals surface area contributed by atoms with E-state index in [9.17, 15) is 19.2 Å². The average Bonchev–Trinajstić information content (AvgIpc) is 3.49. The first-order valence-electron chi connectivity index (χ1n) is 12.4. The van der Waals surface area contributed by atoms with Crippen LogP contribution in [0.25, 0.3) is 0 Å². The Morgan fingerprint density at radius 1 is 1.16 bits per heavy atom. The molecule has 2 aromatic rings. The molecule has 3 aliphatic rings. The summed E-state index contributed by atoms with van der Waals surface area (Å²) in [5.74, 6) is -0.822. The summed E-state index contributed by atoms with van der Waals surface area (Å²) in [6.45, 7) is 3.57. The van der Waals surface area contributed by atoms with E-state index >= 15 is 0 Å². The maximum atomic E-state index is 13.6. The van der Waals surface area contributed by atoms with Gasteiger partial charge in [-0.15, -0.1) is 0 Å². The smallest absolute Gasteiger partial charge is 0.418 e. The van der Waals surface area contributed by atoms with Crippen LogP contribution in [-0.4, -0.2) is 53.4 Å². The molecule has 0 saturated carbocycles. The summed E-state index contributed by atoms with van der Waals surface area (Å²) in [6.07, 6.45) is 1.58. The number of nitrogens with zero attached hydrogens (tertiary/aromatic N) is 2. The van der Waals surface area contributed by atoms with Gasteiger partial charge in [0.1, 0.15) is 6.54 Å². The van der Waals surface area contributed by atoms with Crippen LogP contribution in [0.3, 0.4) is 0 Å². The SMILES string of the molecule is CNC(=O)Nc1ccc2c(c1)CC[C@@]21OC(=O)N(CC(=O)N2C(C)CCC2c2ccc(Cl)cc2C)C1=O. The van der Waals surface area contributed by atoms with Crippen molar-refractivity contribution in [3.8, 4) is 0 Å². The molecule has 2 saturated heterocycles. The highest BCUT2D eigenvalue weighted by Crippen LogP contribution is 2.46. The quantitative estimate of drug-likeness (QED) is 0.621. The van der Waals surface area contributed by atoms with E-state index in [1.807, 2.05) is 32.0 Å². The number of benzene rings is 2. The Labute approximate surface area is 220 Å². The second-order valence-corrected chi connectivity index (χ2v) is 10.3. The molecule has 5 rings (SSSR count). The van der Waals surface area contributed by atoms with E-state index in [-0.39, 0.29) is 37.0 Å². The summed E-state index contributed by atoms with van der Waals surface area (Å²) in [4.78, 5) is 54.4. The zero-order valence-corrected chi connectivity index (χ0v) is 21.7. The lowest BCUT2D eigenvalue weighted by atomic mass is 9.94. The van der Waals surface area contributed by atoms with Gasteiger partial charge in [-0.05, 0) is 74.1 Å². The van der Waals surface area contributed by atoms with Crippen molar-refractivity contribution in [3.63, 3.8) is 0 Å². The topological polar surface area (TPSA) is 108 Å². The van der Waals surface area contributed by atoms with E-state index in [2.05, 4.69) is 10.6 Å². The van der Waals surface area contributed by atoms with E-state index < -0.39 is 17.6 Å². The van der Waals surface area contributed by atoms with Crippen LogP contribution in [0.15, 0.2) is 36.4 Å². The van der Waals surface area contributed by atoms with Gasteiger partial charge in [0.2, 0.25) is 11.5 Å². The lowest BCUT2D eigenvalue weighted by molar-refractivity contribution is -0.143. The number of hydrogen-bond donors (Lipinski definition) is 2. The van der Waals surface area contributed by atoms with Gasteiger partial charge in [-0.25, -0.2) is 14.5 Å². The number of urea groups is 1. The predicted molar refractivity (Wildman–Crippen MR) is 137 cm³/mol. The number of fused-ring (bicyclic) bond motifs is 2. The maximum absolute atomic E-state index is 13.6. The zero-order valence-electron chi connectivity index (χ0n) is 21.0. The Morgan fingerprint density at radius 2 is 1.95 bits per heavy atom. The number of anilines is 1. The van der Waals surface area contributed by atoms with E-state index in [0.717, 1.165) is 34.4 Å². The van der Waals surface area contributed by atoms with Crippen molar-refractivity contribution in [1.29, 1.82) is 0 Å². The van der Waals surface area contributed by atoms with E-state index in [4.69, 9.17) is 16.3 Å². The number of aryl methyl sites for hydroxylation is 2. The highest BCUT2D eigenvalue weighted by molar-refractivity contribution is 6.30. The first-order valence-corrected chi connectivity index (χ1v) is 12.8. The molecule has 9 nitrogen and oxygen atoms in total. The number of likely N-dealkylation sites (tertiary alicyclic amines) is 1. The zero-order chi connectivity index (χ0) is 26.5. The van der Waals surface area contributed by atoms with Crippen LogP contribution >= 0.6 is 11.6 Å². The molecule has 0 aromatic heterocycles. The summed E-state index contributed by atoms with van der Waals surface area (Å²) in [5, 5.41) is 5.83. The van der Waals surface area contributed by atoms with Gasteiger partial charge in [-0.3, -0.25) is 9.59 Å². The minimum Gasteiger partial charge on any atom is -0.427 e. The summed E-state index contributed by atoms with van der Waals surface area (Å²) in [5.41, 5.74) is 2.54. The lowest BCUT2D eigenvalue weighted by Crippen LogP contribution is -2.46. The molecule has 194 valence electrons. The monoisotopic (exact) mass is 524 g/mol. The third-order valence-electron chi connectivity index (χ3n) is 7.68. The van der Waals surface area contributed by atoms with Gasteiger partial charge in [0, 0.05) is 35.8 Å². The molecule has 2 fully saturated rings. The van der Waals surface area contributed by atoms with Crippen molar-refractivity contribution >= 4 is 41.2 Å². The fourth-order valence-corrected chi connectivity index (χ4v) is 6.09. The van der Waals surface area contributed by atoms with E-state index in [0.29, 0.717) is 22.7 Å². The van der Waals surface area contributed by atoms with Gasteiger partial charge in [0.15, 0.2) is 0 Å². The van der Waals surface area contributed by atoms with E-state index in [1.54, 1.807) is 23.1 Å². The molecule has 37 heavy (non-hydrogen) atoms. The van der Waals surface area contributed by atoms with Crippen molar-refractivity contribution in [2.75, 3.05) is 18.9 Å². The molecule has 3 atom stereocenters. The molecule has 2 unspecified atom stereocenters. The molecule has 2 aliphatic heterocycles. The highest BCUT2D eigenvalue weighted by atomic mass is 35.5. The van der Waals surface area contributed by atoms with Gasteiger partial charge in [-0.2, -0.15) is 0 Å². The number of imide groups is 1. The lowest BCUT2D eigenvalue weighted by Gasteiger charge is -2.31. The summed E-state index contributed by atoms with van der Waals surface area (Å²) in [7, 11) is 1.52. The van der Waals surface area contributed by atoms with Crippen LogP contribution in [0.1, 0.15) is 54.5 Å². The Balaban J connectivity index is 1.36. The second-order valence-electron chi connectivity index (χ2n) is 9.91. The number of halogens is 1. The summed E-state index contributed by atoms with van der Waals surface area (Å²) >= 11 is 6.13. The third-order valence-corrected chi connectivity index (χ3v) is 7.92. The van der Waals surface area contributed by atoms with Crippen LogP contribution in [0.5, 0.6) is 0 Å². The number of ether oxygens (including phenoxy) is 1. The number of nitrogens with one attached hydrogen (secondary N) is 2. The normalized spacial score (nSPS) is 24.4. The van der Waals surface area contributed by atoms with Crippen molar-refractivity contribution in [2.45, 2.75) is 57.2 Å². The first kappa shape index (κ1) is 25.1. The van der Waals surface area contributed by atoms with Crippen LogP contribution < -0.4 is 10.6 Å². The number of carbonyl (C=O) groups excluding carboxylic acids is 4. The van der Waals surface area contributed by atoms with Crippen LogP contribution in [0, 0.1) is 6.92 Å². The van der Waals surface area contributed by atoms with Gasteiger partial charge >= 0.3 is 12.1 Å². The average molecular weight is 525 g/mol. The van der Waals surface area contributed by atoms with Crippen molar-refractivity contribution in [2.24, 2.45) is 0 Å². The standard InChI is InChI=1S/C27H29ClN4O5/c1-15-12-18(28)5-7-20(15)22-9-4-16(2)32(22)23(33)14-31-24(34)27(37-26(31)36)11-10-17-13-19(6-8-21(17)27)30-25(35)29-3/h5-8,12-13,16,22H,4,9-11,14H2,1-3H3,(H2,29,30,35)/t16?,22?,27-/m1/s1. The number of hydrogen-bond acceptors (Lipinski definition) is 5. The van der Waals surface area contributed by atoms with Gasteiger partial charge in [0.25, 0.3) is 5.91 Å². The van der Waals surface area contributed by atoms with Gasteiger partial charge in [-0.1, -0.05) is 23.7 Å². The molecule has 2 heterocycles. The second kappa shape index (κ2) is 9.37. The molecular weight excluding hydrogens is 496 g/mol. The summed E-state index contributed by atoms with van der Waals surface area (Å²) in [6, 6.07) is 10.2. The van der Waals surface area contributed by atoms with Crippen molar-refractivity contribution in [3.05, 3.63) is 63.7 Å². The third kappa shape index (κ3) is 4.21. The minimum atomic E-state index is -1.44. The Kier molecular flexibility index (Phi) is 6.35. The Morgan fingerprint density at radius 3 is 2.68 bits per heavy atom. The molecule has 0 bridgehead atoms. The molecule has 5 amide bonds. The van der Waals surface area contributed by atoms with Crippen molar-refractivity contribution < 1.29 is 23.9 Å². The number of rotatable bonds is 4. The maximum Gasteiger partial charge on any atom is 0.418 e. The fourth-order valence-electron chi connectivity index (χ4n) is 5.86. The van der Waals surface area contributed by atoms with E-state index in [1.165, 1.54) is 7.05 Å². The van der Waals surface area contributed by atoms with Crippen LogP contribution in [0.4, 0.5) is 15.3 Å². The first-order chi connectivity index (χ1) is 17.6. The predicted octanol–water partition coefficient (Wildman–Crippen LogP) is 4.27. The molecule has 2 N–H and O–H groups in total. The molecule has 0 radical (unpaired) electrons. The Bertz CT molecular complexity index is 1310. The minimum absolute atomic E-state index is 0.0336. The fraction of sp³-hybridized carbons (Fsp3) is 0.407. The van der Waals surface area contributed by atoms with Gasteiger partial charge in [0.05, 0.1) is 6.04 Å². The van der Waals surface area contributed by atoms with Gasteiger partial charge < -0.3 is 20.3 Å². The van der Waals surface area contributed by atoms with Crippen molar-refractivity contribution in [1.82, 2.24) is 15.1 Å². The largest absolute Gasteiger partial charge is 0.427 e.